The number of alkyl halides is 2. The van der Waals surface area contributed by atoms with Crippen LogP contribution in [0.4, 0.5) is 14.5 Å². The predicted molar refractivity (Wildman–Crippen MR) is 94.9 cm³/mol. The molecule has 0 bridgehead atoms. The number of rotatable bonds is 9. The zero-order chi connectivity index (χ0) is 20.9. The number of nitrogens with one attached hydrogen (secondary N) is 1. The van der Waals surface area contributed by atoms with Crippen LogP contribution in [-0.4, -0.2) is 50.6 Å². The molecule has 9 nitrogen and oxygen atoms in total. The molecule has 1 unspecified atom stereocenters. The molecule has 0 aliphatic carbocycles. The molecule has 1 heterocycles. The highest BCUT2D eigenvalue weighted by Crippen LogP contribution is 2.33. The molecule has 0 saturated carbocycles. The number of benzene rings is 1. The summed E-state index contributed by atoms with van der Waals surface area (Å²) >= 11 is 0. The largest absolute Gasteiger partial charge is 0.481 e. The molecule has 2 rings (SSSR count). The maximum Gasteiger partial charge on any atom is 0.355 e. The van der Waals surface area contributed by atoms with E-state index in [0.717, 1.165) is 0 Å². The number of hydrogen-bond donors (Lipinski definition) is 2. The van der Waals surface area contributed by atoms with Crippen LogP contribution < -0.4 is 14.2 Å². The third kappa shape index (κ3) is 4.82. The molecule has 0 fully saturated rings. The third-order valence-electron chi connectivity index (χ3n) is 3.62. The van der Waals surface area contributed by atoms with Gasteiger partial charge in [-0.05, 0) is 0 Å². The van der Waals surface area contributed by atoms with Gasteiger partial charge in [0.25, 0.3) is 10.0 Å². The highest BCUT2D eigenvalue weighted by molar-refractivity contribution is 7.93. The van der Waals surface area contributed by atoms with Crippen LogP contribution in [0.3, 0.4) is 0 Å². The van der Waals surface area contributed by atoms with Crippen LogP contribution in [0.1, 0.15) is 23.1 Å². The fourth-order valence-corrected chi connectivity index (χ4v) is 2.95. The number of ether oxygens (including phenoxy) is 3. The Kier molecular flexibility index (Phi) is 7.05. The number of aliphatic hydroxyl groups excluding tert-OH is 1. The number of hydrogen-bond acceptors (Lipinski definition) is 8. The van der Waals surface area contributed by atoms with E-state index in [-0.39, 0.29) is 41.0 Å². The second kappa shape index (κ2) is 9.08. The first kappa shape index (κ1) is 21.7. The number of sulfonamides is 1. The van der Waals surface area contributed by atoms with Crippen LogP contribution >= 0.6 is 0 Å². The van der Waals surface area contributed by atoms with E-state index in [4.69, 9.17) is 14.2 Å². The average Bonchev–Trinajstić information content (AvgIpc) is 2.68. The molecule has 0 spiro atoms. The van der Waals surface area contributed by atoms with E-state index < -0.39 is 21.9 Å². The topological polar surface area (TPSA) is 120 Å². The lowest BCUT2D eigenvalue weighted by Gasteiger charge is -2.19. The fraction of sp³-hybridized carbons (Fsp3) is 0.375. The molecule has 1 aromatic carbocycles. The summed E-state index contributed by atoms with van der Waals surface area (Å²) in [5, 5.41) is 10.7. The van der Waals surface area contributed by atoms with Crippen LogP contribution in [0.15, 0.2) is 24.3 Å². The predicted octanol–water partition coefficient (Wildman–Crippen LogP) is 1.69. The first-order valence-electron chi connectivity index (χ1n) is 7.79. The summed E-state index contributed by atoms with van der Waals surface area (Å²) in [6, 6.07) is 5.70. The molecule has 0 aliphatic heterocycles. The summed E-state index contributed by atoms with van der Waals surface area (Å²) < 4.78 is 66.0. The Balaban J connectivity index is 2.59. The Morgan fingerprint density at radius 3 is 2.25 bits per heavy atom. The van der Waals surface area contributed by atoms with Gasteiger partial charge in [0.05, 0.1) is 32.6 Å². The number of anilines is 1. The number of para-hydroxylation sites is 1. The van der Waals surface area contributed by atoms with Crippen molar-refractivity contribution in [2.24, 2.45) is 0 Å². The molecule has 1 aromatic heterocycles. The first-order valence-corrected chi connectivity index (χ1v) is 9.33. The van der Waals surface area contributed by atoms with Gasteiger partial charge in [0, 0.05) is 18.2 Å². The maximum absolute atomic E-state index is 12.9. The number of aromatic nitrogens is 2. The van der Waals surface area contributed by atoms with Crippen molar-refractivity contribution in [1.82, 2.24) is 9.97 Å². The summed E-state index contributed by atoms with van der Waals surface area (Å²) in [4.78, 5) is 8.01. The third-order valence-corrected chi connectivity index (χ3v) is 4.57. The number of aliphatic hydroxyl groups is 1. The van der Waals surface area contributed by atoms with E-state index >= 15 is 0 Å². The minimum Gasteiger partial charge on any atom is -0.481 e. The van der Waals surface area contributed by atoms with E-state index in [1.807, 2.05) is 4.72 Å². The molecule has 2 aromatic rings. The molecular formula is C16H19F2N3O6S. The fourth-order valence-electron chi connectivity index (χ4n) is 2.33. The summed E-state index contributed by atoms with van der Waals surface area (Å²) in [5.41, 5.74) is -0.0604. The Hall–Kier alpha value is -2.57. The molecule has 1 atom stereocenters. The van der Waals surface area contributed by atoms with Crippen molar-refractivity contribution in [3.05, 3.63) is 41.2 Å². The lowest BCUT2D eigenvalue weighted by molar-refractivity contribution is 0.184. The van der Waals surface area contributed by atoms with Gasteiger partial charge in [-0.2, -0.15) is 18.7 Å². The summed E-state index contributed by atoms with van der Waals surface area (Å²) in [6.07, 6.45) is -1.57. The van der Waals surface area contributed by atoms with Crippen molar-refractivity contribution in [3.8, 4) is 11.8 Å². The number of halogens is 2. The van der Waals surface area contributed by atoms with Crippen LogP contribution in [0.25, 0.3) is 0 Å². The molecule has 2 N–H and O–H groups in total. The van der Waals surface area contributed by atoms with Gasteiger partial charge in [-0.15, -0.1) is 0 Å². The lowest BCUT2D eigenvalue weighted by Crippen LogP contribution is -2.23. The Bertz CT molecular complexity index is 904. The standard InChI is InChI=1S/C16H19F2N3O6S/c1-25-8-9-5-4-6-10(13(9)21-28(23,24)16(17)18)14(22)15-19-11(26-2)7-12(20-15)27-3/h4-7,14,16,21-22H,8H2,1-3H3. The maximum atomic E-state index is 12.9. The minimum absolute atomic E-state index is 0.0471. The van der Waals surface area contributed by atoms with E-state index in [0.29, 0.717) is 0 Å². The molecule has 12 heteroatoms. The van der Waals surface area contributed by atoms with E-state index in [1.165, 1.54) is 45.6 Å². The van der Waals surface area contributed by atoms with Crippen molar-refractivity contribution in [2.45, 2.75) is 18.5 Å². The molecule has 0 amide bonds. The highest BCUT2D eigenvalue weighted by atomic mass is 32.2. The molecule has 154 valence electrons. The summed E-state index contributed by atoms with van der Waals surface area (Å²) in [6.45, 7) is -0.0933. The van der Waals surface area contributed by atoms with Crippen LogP contribution in [0.5, 0.6) is 11.8 Å². The van der Waals surface area contributed by atoms with Crippen molar-refractivity contribution in [2.75, 3.05) is 26.1 Å². The monoisotopic (exact) mass is 419 g/mol. The van der Waals surface area contributed by atoms with Gasteiger partial charge in [0.15, 0.2) is 5.82 Å². The highest BCUT2D eigenvalue weighted by Gasteiger charge is 2.28. The zero-order valence-electron chi connectivity index (χ0n) is 15.2. The van der Waals surface area contributed by atoms with Crippen LogP contribution in [0.2, 0.25) is 0 Å². The SMILES string of the molecule is COCc1cccc(C(O)c2nc(OC)cc(OC)n2)c1NS(=O)(=O)C(F)F. The van der Waals surface area contributed by atoms with Gasteiger partial charge in [-0.1, -0.05) is 18.2 Å². The van der Waals surface area contributed by atoms with Gasteiger partial charge in [-0.25, -0.2) is 8.42 Å². The van der Waals surface area contributed by atoms with Gasteiger partial charge in [-0.3, -0.25) is 4.72 Å². The normalized spacial score (nSPS) is 12.7. The van der Waals surface area contributed by atoms with E-state index in [9.17, 15) is 22.3 Å². The minimum atomic E-state index is -5.00. The molecular weight excluding hydrogens is 400 g/mol. The first-order chi connectivity index (χ1) is 13.2. The second-order valence-electron chi connectivity index (χ2n) is 5.44. The second-order valence-corrected chi connectivity index (χ2v) is 7.09. The van der Waals surface area contributed by atoms with Crippen molar-refractivity contribution < 1.29 is 36.5 Å². The van der Waals surface area contributed by atoms with Gasteiger partial charge < -0.3 is 19.3 Å². The Labute approximate surface area is 160 Å². The van der Waals surface area contributed by atoms with Crippen molar-refractivity contribution in [3.63, 3.8) is 0 Å². The molecule has 28 heavy (non-hydrogen) atoms. The molecule has 0 aliphatic rings. The smallest absolute Gasteiger partial charge is 0.355 e. The van der Waals surface area contributed by atoms with Crippen molar-refractivity contribution >= 4 is 15.7 Å². The summed E-state index contributed by atoms with van der Waals surface area (Å²) in [7, 11) is -0.951. The van der Waals surface area contributed by atoms with Gasteiger partial charge in [0.1, 0.15) is 6.10 Å². The Morgan fingerprint density at radius 2 is 1.75 bits per heavy atom. The van der Waals surface area contributed by atoms with Crippen LogP contribution in [-0.2, 0) is 21.4 Å². The number of methoxy groups -OCH3 is 3. The Morgan fingerprint density at radius 1 is 1.14 bits per heavy atom. The molecule has 0 radical (unpaired) electrons. The average molecular weight is 419 g/mol. The summed E-state index contributed by atoms with van der Waals surface area (Å²) in [5.74, 6) is -3.67. The lowest BCUT2D eigenvalue weighted by atomic mass is 10.0. The van der Waals surface area contributed by atoms with Gasteiger partial charge >= 0.3 is 5.76 Å². The van der Waals surface area contributed by atoms with Crippen molar-refractivity contribution in [1.29, 1.82) is 0 Å². The van der Waals surface area contributed by atoms with E-state index in [1.54, 1.807) is 0 Å². The quantitative estimate of drug-likeness (QED) is 0.630. The molecule has 0 saturated heterocycles. The number of nitrogens with zero attached hydrogens (tertiary/aromatic N) is 2. The van der Waals surface area contributed by atoms with Gasteiger partial charge in [0.2, 0.25) is 11.8 Å². The van der Waals surface area contributed by atoms with E-state index in [2.05, 4.69) is 9.97 Å². The van der Waals surface area contributed by atoms with Crippen LogP contribution in [0, 0.1) is 0 Å². The zero-order valence-corrected chi connectivity index (χ0v) is 16.0.